The number of imide groups is 1. The van der Waals surface area contributed by atoms with Crippen molar-refractivity contribution in [1.29, 1.82) is 0 Å². The molecule has 0 saturated carbocycles. The Morgan fingerprint density at radius 2 is 1.83 bits per heavy atom. The molecule has 0 spiro atoms. The van der Waals surface area contributed by atoms with Crippen molar-refractivity contribution >= 4 is 40.5 Å². The molecule has 0 unspecified atom stereocenters. The summed E-state index contributed by atoms with van der Waals surface area (Å²) in [5, 5.41) is 5.16. The highest BCUT2D eigenvalue weighted by atomic mass is 32.2. The van der Waals surface area contributed by atoms with Gasteiger partial charge in [0.15, 0.2) is 0 Å². The fraction of sp³-hybridized carbons (Fsp3) is 0.182. The Bertz CT molecular complexity index is 1150. The molecule has 7 nitrogen and oxygen atoms in total. The minimum atomic E-state index is -1.23. The Labute approximate surface area is 177 Å². The maximum atomic E-state index is 12.8. The van der Waals surface area contributed by atoms with Crippen LogP contribution in [0.1, 0.15) is 18.1 Å². The van der Waals surface area contributed by atoms with Crippen LogP contribution in [0.25, 0.3) is 10.9 Å². The predicted molar refractivity (Wildman–Crippen MR) is 115 cm³/mol. The maximum absolute atomic E-state index is 12.8. The van der Waals surface area contributed by atoms with Crippen molar-refractivity contribution in [2.24, 2.45) is 0 Å². The summed E-state index contributed by atoms with van der Waals surface area (Å²) in [5.74, 6) is -0.977. The number of aromatic nitrogens is 1. The van der Waals surface area contributed by atoms with Crippen LogP contribution in [0.2, 0.25) is 0 Å². The number of amides is 4. The van der Waals surface area contributed by atoms with E-state index < -0.39 is 23.4 Å². The van der Waals surface area contributed by atoms with Crippen LogP contribution in [0, 0.1) is 6.92 Å². The highest BCUT2D eigenvalue weighted by molar-refractivity contribution is 7.99. The summed E-state index contributed by atoms with van der Waals surface area (Å²) >= 11 is 1.25. The molecule has 2 aromatic carbocycles. The second-order valence-corrected chi connectivity index (χ2v) is 8.18. The van der Waals surface area contributed by atoms with Crippen LogP contribution in [0.5, 0.6) is 0 Å². The van der Waals surface area contributed by atoms with Crippen LogP contribution in [-0.4, -0.2) is 33.6 Å². The zero-order chi connectivity index (χ0) is 21.3. The smallest absolute Gasteiger partial charge is 0.318 e. The molecule has 1 aliphatic heterocycles. The normalized spacial score (nSPS) is 18.5. The average molecular weight is 420 g/mol. The summed E-state index contributed by atoms with van der Waals surface area (Å²) in [6.45, 7) is 3.61. The lowest BCUT2D eigenvalue weighted by atomic mass is 9.92. The number of carbonyl (C=O) groups excluding carboxylic acids is 3. The van der Waals surface area contributed by atoms with Crippen molar-refractivity contribution in [1.82, 2.24) is 20.7 Å². The molecule has 4 amide bonds. The molecular formula is C22H20N4O3S. The van der Waals surface area contributed by atoms with Crippen molar-refractivity contribution < 1.29 is 14.4 Å². The third-order valence-electron chi connectivity index (χ3n) is 5.03. The number of carbonyl (C=O) groups is 3. The van der Waals surface area contributed by atoms with Gasteiger partial charge in [-0.15, -0.1) is 0 Å². The zero-order valence-electron chi connectivity index (χ0n) is 16.5. The van der Waals surface area contributed by atoms with Crippen molar-refractivity contribution in [3.8, 4) is 0 Å². The molecule has 0 radical (unpaired) electrons. The second-order valence-electron chi connectivity index (χ2n) is 7.18. The first kappa shape index (κ1) is 19.9. The van der Waals surface area contributed by atoms with E-state index in [0.717, 1.165) is 21.5 Å². The van der Waals surface area contributed by atoms with Crippen molar-refractivity contribution in [2.75, 3.05) is 5.75 Å². The number of hydrogen-bond donors (Lipinski definition) is 2. The number of benzene rings is 2. The summed E-state index contributed by atoms with van der Waals surface area (Å²) in [7, 11) is 0. The van der Waals surface area contributed by atoms with Gasteiger partial charge in [0.2, 0.25) is 5.91 Å². The fourth-order valence-electron chi connectivity index (χ4n) is 3.40. The highest BCUT2D eigenvalue weighted by Gasteiger charge is 2.49. The molecule has 1 aromatic heterocycles. The number of nitrogens with zero attached hydrogens (tertiary/aromatic N) is 2. The van der Waals surface area contributed by atoms with E-state index >= 15 is 0 Å². The molecule has 0 aliphatic carbocycles. The summed E-state index contributed by atoms with van der Waals surface area (Å²) < 4.78 is 0. The van der Waals surface area contributed by atoms with Gasteiger partial charge in [-0.3, -0.25) is 15.0 Å². The van der Waals surface area contributed by atoms with Crippen LogP contribution in [0.15, 0.2) is 65.7 Å². The Balaban J connectivity index is 1.43. The van der Waals surface area contributed by atoms with Gasteiger partial charge in [-0.05, 0) is 37.1 Å². The molecule has 3 aromatic rings. The fourth-order valence-corrected chi connectivity index (χ4v) is 4.16. The largest absolute Gasteiger partial charge is 0.344 e. The number of hydrogen-bond acceptors (Lipinski definition) is 5. The second kappa shape index (κ2) is 7.79. The van der Waals surface area contributed by atoms with Crippen LogP contribution < -0.4 is 10.7 Å². The Hall–Kier alpha value is -3.39. The quantitative estimate of drug-likeness (QED) is 0.489. The van der Waals surface area contributed by atoms with E-state index in [2.05, 4.69) is 15.7 Å². The van der Waals surface area contributed by atoms with Gasteiger partial charge in [-0.2, -0.15) is 5.01 Å². The Morgan fingerprint density at radius 1 is 1.13 bits per heavy atom. The number of pyridine rings is 1. The van der Waals surface area contributed by atoms with E-state index in [1.54, 1.807) is 31.2 Å². The van der Waals surface area contributed by atoms with Gasteiger partial charge in [0, 0.05) is 5.39 Å². The maximum Gasteiger partial charge on any atom is 0.344 e. The molecular weight excluding hydrogens is 400 g/mol. The van der Waals surface area contributed by atoms with Gasteiger partial charge in [0.25, 0.3) is 5.91 Å². The van der Waals surface area contributed by atoms with Gasteiger partial charge in [-0.1, -0.05) is 60.3 Å². The molecule has 2 heterocycles. The molecule has 152 valence electrons. The van der Waals surface area contributed by atoms with E-state index in [9.17, 15) is 14.4 Å². The molecule has 0 bridgehead atoms. The monoisotopic (exact) mass is 420 g/mol. The Kier molecular flexibility index (Phi) is 5.17. The number of para-hydroxylation sites is 1. The SMILES string of the molecule is Cc1cc(SCC(=O)NN2C(=O)N[C@](C)(c3ccccc3)C2=O)nc2ccccc12. The number of hydrazine groups is 1. The van der Waals surface area contributed by atoms with E-state index in [1.807, 2.05) is 43.3 Å². The van der Waals surface area contributed by atoms with Crippen LogP contribution in [0.4, 0.5) is 4.79 Å². The topological polar surface area (TPSA) is 91.4 Å². The first-order chi connectivity index (χ1) is 14.4. The minimum absolute atomic E-state index is 0.0177. The molecule has 8 heteroatoms. The van der Waals surface area contributed by atoms with Crippen LogP contribution in [-0.2, 0) is 15.1 Å². The summed E-state index contributed by atoms with van der Waals surface area (Å²) in [6.07, 6.45) is 0. The van der Waals surface area contributed by atoms with Crippen LogP contribution in [0.3, 0.4) is 0 Å². The van der Waals surface area contributed by atoms with E-state index in [4.69, 9.17) is 0 Å². The number of thioether (sulfide) groups is 1. The molecule has 2 N–H and O–H groups in total. The molecule has 1 aliphatic rings. The third-order valence-corrected chi connectivity index (χ3v) is 5.94. The molecule has 30 heavy (non-hydrogen) atoms. The average Bonchev–Trinajstić information content (AvgIpc) is 2.97. The van der Waals surface area contributed by atoms with E-state index in [0.29, 0.717) is 10.6 Å². The minimum Gasteiger partial charge on any atom is -0.318 e. The molecule has 1 fully saturated rings. The van der Waals surface area contributed by atoms with Gasteiger partial charge in [0.1, 0.15) is 5.54 Å². The van der Waals surface area contributed by atoms with E-state index in [1.165, 1.54) is 11.8 Å². The lowest BCUT2D eigenvalue weighted by Gasteiger charge is -2.22. The molecule has 1 atom stereocenters. The number of aryl methyl sites for hydroxylation is 1. The number of urea groups is 1. The zero-order valence-corrected chi connectivity index (χ0v) is 17.3. The van der Waals surface area contributed by atoms with Gasteiger partial charge >= 0.3 is 6.03 Å². The first-order valence-corrected chi connectivity index (χ1v) is 10.4. The lowest BCUT2D eigenvalue weighted by molar-refractivity contribution is -0.138. The summed E-state index contributed by atoms with van der Waals surface area (Å²) in [4.78, 5) is 42.2. The Morgan fingerprint density at radius 3 is 2.60 bits per heavy atom. The number of nitrogens with one attached hydrogen (secondary N) is 2. The summed E-state index contributed by atoms with van der Waals surface area (Å²) in [5.41, 5.74) is 3.75. The molecule has 4 rings (SSSR count). The first-order valence-electron chi connectivity index (χ1n) is 9.39. The number of rotatable bonds is 5. The highest BCUT2D eigenvalue weighted by Crippen LogP contribution is 2.28. The lowest BCUT2D eigenvalue weighted by Crippen LogP contribution is -2.48. The number of fused-ring (bicyclic) bond motifs is 1. The van der Waals surface area contributed by atoms with Gasteiger partial charge in [-0.25, -0.2) is 9.78 Å². The summed E-state index contributed by atoms with van der Waals surface area (Å²) in [6, 6.07) is 18.0. The van der Waals surface area contributed by atoms with Gasteiger partial charge < -0.3 is 5.32 Å². The third kappa shape index (κ3) is 3.61. The van der Waals surface area contributed by atoms with Crippen molar-refractivity contribution in [3.63, 3.8) is 0 Å². The van der Waals surface area contributed by atoms with Crippen molar-refractivity contribution in [3.05, 3.63) is 71.8 Å². The standard InChI is InChI=1S/C22H20N4O3S/c1-14-12-19(23-17-11-7-6-10-16(14)17)30-13-18(27)25-26-20(28)22(2,24-21(26)29)15-8-4-3-5-9-15/h3-12H,13H2,1-2H3,(H,24,29)(H,25,27)/t22-/m1/s1. The van der Waals surface area contributed by atoms with E-state index in [-0.39, 0.29) is 5.75 Å². The van der Waals surface area contributed by atoms with Crippen molar-refractivity contribution in [2.45, 2.75) is 24.4 Å². The predicted octanol–water partition coefficient (Wildman–Crippen LogP) is 3.13. The molecule has 1 saturated heterocycles. The van der Waals surface area contributed by atoms with Gasteiger partial charge in [0.05, 0.1) is 16.3 Å². The van der Waals surface area contributed by atoms with Crippen LogP contribution >= 0.6 is 11.8 Å².